The lowest BCUT2D eigenvalue weighted by atomic mass is 9.97. The van der Waals surface area contributed by atoms with Gasteiger partial charge in [-0.25, -0.2) is 9.82 Å². The zero-order valence-corrected chi connectivity index (χ0v) is 10.6. The maximum atomic E-state index is 13.9. The summed E-state index contributed by atoms with van der Waals surface area (Å²) in [5, 5.41) is 0.334. The first kappa shape index (κ1) is 13.0. The van der Waals surface area contributed by atoms with Gasteiger partial charge < -0.3 is 0 Å². The zero-order chi connectivity index (χ0) is 13.1. The third-order valence-electron chi connectivity index (χ3n) is 2.85. The van der Waals surface area contributed by atoms with Crippen LogP contribution in [-0.4, -0.2) is 4.98 Å². The SMILES string of the molecule is Cc1ccncc1C(NN)c1c(F)cccc1Cl. The van der Waals surface area contributed by atoms with Crippen LogP contribution in [0.4, 0.5) is 4.39 Å². The first-order chi connectivity index (χ1) is 8.65. The Bertz CT molecular complexity index is 539. The van der Waals surface area contributed by atoms with Crippen LogP contribution >= 0.6 is 11.6 Å². The van der Waals surface area contributed by atoms with Gasteiger partial charge in [-0.15, -0.1) is 0 Å². The summed E-state index contributed by atoms with van der Waals surface area (Å²) in [5.74, 6) is 5.15. The van der Waals surface area contributed by atoms with Crippen LogP contribution in [-0.2, 0) is 0 Å². The highest BCUT2D eigenvalue weighted by molar-refractivity contribution is 6.31. The van der Waals surface area contributed by atoms with E-state index in [0.29, 0.717) is 10.6 Å². The van der Waals surface area contributed by atoms with Crippen molar-refractivity contribution in [3.63, 3.8) is 0 Å². The molecule has 2 rings (SSSR count). The van der Waals surface area contributed by atoms with Gasteiger partial charge >= 0.3 is 0 Å². The number of nitrogens with two attached hydrogens (primary N) is 1. The van der Waals surface area contributed by atoms with Crippen LogP contribution < -0.4 is 11.3 Å². The second kappa shape index (κ2) is 5.44. The van der Waals surface area contributed by atoms with Gasteiger partial charge in [0, 0.05) is 23.0 Å². The monoisotopic (exact) mass is 265 g/mol. The average molecular weight is 266 g/mol. The van der Waals surface area contributed by atoms with Crippen LogP contribution in [0.3, 0.4) is 0 Å². The van der Waals surface area contributed by atoms with Gasteiger partial charge in [-0.1, -0.05) is 17.7 Å². The summed E-state index contributed by atoms with van der Waals surface area (Å²) >= 11 is 6.05. The van der Waals surface area contributed by atoms with E-state index in [1.165, 1.54) is 6.07 Å². The van der Waals surface area contributed by atoms with Crippen LogP contribution in [0.1, 0.15) is 22.7 Å². The zero-order valence-electron chi connectivity index (χ0n) is 9.82. The van der Waals surface area contributed by atoms with E-state index >= 15 is 0 Å². The average Bonchev–Trinajstić information content (AvgIpc) is 2.35. The van der Waals surface area contributed by atoms with Crippen LogP contribution in [0.5, 0.6) is 0 Å². The first-order valence-electron chi connectivity index (χ1n) is 5.45. The Morgan fingerprint density at radius 1 is 1.39 bits per heavy atom. The number of halogens is 2. The summed E-state index contributed by atoms with van der Waals surface area (Å²) in [6.07, 6.45) is 3.33. The number of pyridine rings is 1. The minimum atomic E-state index is -0.521. The van der Waals surface area contributed by atoms with Gasteiger partial charge in [0.2, 0.25) is 0 Å². The van der Waals surface area contributed by atoms with Crippen LogP contribution in [0.2, 0.25) is 5.02 Å². The molecule has 0 saturated carbocycles. The quantitative estimate of drug-likeness (QED) is 0.663. The van der Waals surface area contributed by atoms with Crippen molar-refractivity contribution < 1.29 is 4.39 Å². The molecule has 2 aromatic rings. The summed E-state index contributed by atoms with van der Waals surface area (Å²) < 4.78 is 13.9. The van der Waals surface area contributed by atoms with E-state index in [2.05, 4.69) is 10.4 Å². The van der Waals surface area contributed by atoms with E-state index in [-0.39, 0.29) is 0 Å². The number of aromatic nitrogens is 1. The number of hydrogen-bond donors (Lipinski definition) is 2. The van der Waals surface area contributed by atoms with E-state index in [0.717, 1.165) is 11.1 Å². The molecule has 18 heavy (non-hydrogen) atoms. The number of aryl methyl sites for hydroxylation is 1. The molecule has 1 heterocycles. The van der Waals surface area contributed by atoms with E-state index in [1.54, 1.807) is 24.5 Å². The van der Waals surface area contributed by atoms with Gasteiger partial charge in [0.15, 0.2) is 0 Å². The molecule has 0 aliphatic heterocycles. The first-order valence-corrected chi connectivity index (χ1v) is 5.83. The molecule has 0 aliphatic carbocycles. The highest BCUT2D eigenvalue weighted by Crippen LogP contribution is 2.31. The summed E-state index contributed by atoms with van der Waals surface area (Å²) in [6.45, 7) is 1.91. The Kier molecular flexibility index (Phi) is 3.91. The van der Waals surface area contributed by atoms with Crippen LogP contribution in [0.15, 0.2) is 36.7 Å². The predicted octanol–water partition coefficient (Wildman–Crippen LogP) is 2.74. The molecule has 1 unspecified atom stereocenters. The molecule has 1 aromatic heterocycles. The van der Waals surface area contributed by atoms with Gasteiger partial charge in [-0.3, -0.25) is 10.8 Å². The molecular formula is C13H13ClFN3. The highest BCUT2D eigenvalue weighted by Gasteiger charge is 2.21. The molecule has 3 N–H and O–H groups in total. The molecule has 0 saturated heterocycles. The molecule has 0 spiro atoms. The van der Waals surface area contributed by atoms with Crippen molar-refractivity contribution in [3.8, 4) is 0 Å². The number of nitrogens with zero attached hydrogens (tertiary/aromatic N) is 1. The minimum Gasteiger partial charge on any atom is -0.271 e. The van der Waals surface area contributed by atoms with Crippen molar-refractivity contribution >= 4 is 11.6 Å². The summed E-state index contributed by atoms with van der Waals surface area (Å²) in [7, 11) is 0. The van der Waals surface area contributed by atoms with E-state index in [1.807, 2.05) is 13.0 Å². The van der Waals surface area contributed by atoms with Gasteiger partial charge in [0.25, 0.3) is 0 Å². The molecule has 5 heteroatoms. The van der Waals surface area contributed by atoms with Crippen molar-refractivity contribution in [3.05, 3.63) is 64.2 Å². The van der Waals surface area contributed by atoms with Gasteiger partial charge in [-0.2, -0.15) is 0 Å². The van der Waals surface area contributed by atoms with Gasteiger partial charge in [0.1, 0.15) is 5.82 Å². The molecule has 94 valence electrons. The number of nitrogens with one attached hydrogen (secondary N) is 1. The molecule has 1 atom stereocenters. The normalized spacial score (nSPS) is 12.4. The fourth-order valence-corrected chi connectivity index (χ4v) is 2.17. The minimum absolute atomic E-state index is 0.331. The molecule has 0 bridgehead atoms. The third kappa shape index (κ3) is 2.36. The molecule has 0 amide bonds. The number of benzene rings is 1. The second-order valence-corrected chi connectivity index (χ2v) is 4.37. The van der Waals surface area contributed by atoms with Crippen molar-refractivity contribution in [1.82, 2.24) is 10.4 Å². The van der Waals surface area contributed by atoms with Crippen molar-refractivity contribution in [2.45, 2.75) is 13.0 Å². The Morgan fingerprint density at radius 3 is 2.78 bits per heavy atom. The van der Waals surface area contributed by atoms with Crippen LogP contribution in [0, 0.1) is 12.7 Å². The molecule has 0 fully saturated rings. The molecule has 0 radical (unpaired) electrons. The topological polar surface area (TPSA) is 50.9 Å². The summed E-state index contributed by atoms with van der Waals surface area (Å²) in [6, 6.07) is 5.87. The standard InChI is InChI=1S/C13H13ClFN3/c1-8-5-6-17-7-9(8)13(18-16)12-10(14)3-2-4-11(12)15/h2-7,13,18H,16H2,1H3. The summed E-state index contributed by atoms with van der Waals surface area (Å²) in [4.78, 5) is 4.04. The fourth-order valence-electron chi connectivity index (χ4n) is 1.89. The van der Waals surface area contributed by atoms with E-state index < -0.39 is 11.9 Å². The maximum absolute atomic E-state index is 13.9. The lowest BCUT2D eigenvalue weighted by Crippen LogP contribution is -2.30. The lowest BCUT2D eigenvalue weighted by molar-refractivity contribution is 0.558. The Morgan fingerprint density at radius 2 is 2.17 bits per heavy atom. The van der Waals surface area contributed by atoms with Crippen molar-refractivity contribution in [2.75, 3.05) is 0 Å². The fraction of sp³-hybridized carbons (Fsp3) is 0.154. The Labute approximate surface area is 110 Å². The molecular weight excluding hydrogens is 253 g/mol. The largest absolute Gasteiger partial charge is 0.271 e. The second-order valence-electron chi connectivity index (χ2n) is 3.97. The highest BCUT2D eigenvalue weighted by atomic mass is 35.5. The van der Waals surface area contributed by atoms with E-state index in [9.17, 15) is 4.39 Å². The third-order valence-corrected chi connectivity index (χ3v) is 3.18. The molecule has 1 aromatic carbocycles. The van der Waals surface area contributed by atoms with Gasteiger partial charge in [0.05, 0.1) is 6.04 Å². The predicted molar refractivity (Wildman–Crippen MR) is 69.6 cm³/mol. The lowest BCUT2D eigenvalue weighted by Gasteiger charge is -2.20. The number of hydrazine groups is 1. The smallest absolute Gasteiger partial charge is 0.129 e. The Hall–Kier alpha value is -1.49. The molecule has 3 nitrogen and oxygen atoms in total. The van der Waals surface area contributed by atoms with E-state index in [4.69, 9.17) is 17.4 Å². The maximum Gasteiger partial charge on any atom is 0.129 e. The number of hydrogen-bond acceptors (Lipinski definition) is 3. The van der Waals surface area contributed by atoms with Crippen LogP contribution in [0.25, 0.3) is 0 Å². The summed E-state index contributed by atoms with van der Waals surface area (Å²) in [5.41, 5.74) is 4.69. The van der Waals surface area contributed by atoms with Crippen molar-refractivity contribution in [2.24, 2.45) is 5.84 Å². The molecule has 0 aliphatic rings. The van der Waals surface area contributed by atoms with Gasteiger partial charge in [-0.05, 0) is 36.2 Å². The number of rotatable bonds is 3. The Balaban J connectivity index is 2.56. The van der Waals surface area contributed by atoms with Crippen molar-refractivity contribution in [1.29, 1.82) is 0 Å².